The average Bonchev–Trinajstić information content (AvgIpc) is 3.36. The molecule has 2 saturated heterocycles. The zero-order valence-electron chi connectivity index (χ0n) is 45.7. The van der Waals surface area contributed by atoms with E-state index in [4.69, 9.17) is 33.5 Å². The van der Waals surface area contributed by atoms with E-state index in [0.29, 0.717) is 82.6 Å². The van der Waals surface area contributed by atoms with Gasteiger partial charge in [0.2, 0.25) is 5.79 Å². The number of carboxylic acid groups (broad SMARTS) is 1. The van der Waals surface area contributed by atoms with Crippen LogP contribution in [-0.2, 0) is 62.0 Å². The number of esters is 2. The van der Waals surface area contributed by atoms with E-state index in [1.54, 1.807) is 48.0 Å². The smallest absolute Gasteiger partial charge is 0.329 e. The van der Waals surface area contributed by atoms with Gasteiger partial charge in [0.25, 0.3) is 11.7 Å². The number of Topliss-reactive ketones (excluding diaryl/α,β-unsaturated/α-hetero) is 3. The second kappa shape index (κ2) is 29.8. The van der Waals surface area contributed by atoms with Crippen LogP contribution in [0.25, 0.3) is 0 Å². The van der Waals surface area contributed by atoms with Gasteiger partial charge in [-0.1, -0.05) is 71.1 Å². The number of hydrogen-bond acceptors (Lipinski definition) is 15. The predicted molar refractivity (Wildman–Crippen MR) is 275 cm³/mol. The molecule has 1 saturated carbocycles. The van der Waals surface area contributed by atoms with E-state index in [2.05, 4.69) is 0 Å². The van der Waals surface area contributed by atoms with Gasteiger partial charge in [-0.2, -0.15) is 0 Å². The number of ketones is 3. The summed E-state index contributed by atoms with van der Waals surface area (Å²) in [6.07, 6.45) is 11.1. The van der Waals surface area contributed by atoms with Gasteiger partial charge in [-0.3, -0.25) is 28.8 Å². The second-order valence-electron chi connectivity index (χ2n) is 21.7. The number of cyclic esters (lactones) is 1. The Hall–Kier alpha value is -4.39. The largest absolute Gasteiger partial charge is 0.481 e. The standard InChI is InChI=1S/C57H87NO16/c1-34-18-12-11-13-19-35(2)46(69-8)32-42-25-23-40(7)57(68,74-42)54(65)55(66)58-27-17-16-20-43(58)56(67)73-47(33-44(59)36(3)29-39(6)52(64)53(71-10)51(63)38(5)28-34)37(4)30-41-24-26-45(48(31-41)70-9)72-50(62)22-15-14-21-49(60)61/h11-13,18-19,29,34,36-38,40-43,45-48,52-53,64,68H,14-17,20-28,30-33H2,1-10H3,(H,60,61)/b13-11+,18-12+,35-19+,39-29+/t34-,36-,37?,38-,40-,41+,42+,43+,45-,46+,47+,48-,52-,53+,57-/m1/s1. The van der Waals surface area contributed by atoms with Crippen LogP contribution in [0.3, 0.4) is 0 Å². The highest BCUT2D eigenvalue weighted by Gasteiger charge is 2.53. The maximum absolute atomic E-state index is 14.5. The first kappa shape index (κ1) is 62.2. The Morgan fingerprint density at radius 1 is 0.838 bits per heavy atom. The summed E-state index contributed by atoms with van der Waals surface area (Å²) in [5.41, 5.74) is 1.22. The second-order valence-corrected chi connectivity index (χ2v) is 21.7. The lowest BCUT2D eigenvalue weighted by Gasteiger charge is -2.42. The number of carbonyl (C=O) groups is 7. The molecule has 416 valence electrons. The summed E-state index contributed by atoms with van der Waals surface area (Å²) in [7, 11) is 4.47. The normalized spacial score (nSPS) is 36.8. The number of hydrogen-bond donors (Lipinski definition) is 3. The van der Waals surface area contributed by atoms with Crippen molar-refractivity contribution >= 4 is 41.2 Å². The molecule has 1 amide bonds. The highest BCUT2D eigenvalue weighted by Crippen LogP contribution is 2.38. The fraction of sp³-hybridized carbons (Fsp3) is 0.737. The quantitative estimate of drug-likeness (QED) is 0.0748. The molecule has 74 heavy (non-hydrogen) atoms. The van der Waals surface area contributed by atoms with Crippen molar-refractivity contribution in [2.24, 2.45) is 35.5 Å². The minimum atomic E-state index is -2.46. The number of aliphatic carboxylic acids is 1. The van der Waals surface area contributed by atoms with E-state index < -0.39 is 108 Å². The van der Waals surface area contributed by atoms with Gasteiger partial charge in [-0.25, -0.2) is 4.79 Å². The van der Waals surface area contributed by atoms with Gasteiger partial charge in [0, 0.05) is 71.3 Å². The van der Waals surface area contributed by atoms with E-state index in [1.807, 2.05) is 51.2 Å². The topological polar surface area (TPSA) is 239 Å². The Morgan fingerprint density at radius 3 is 2.23 bits per heavy atom. The third kappa shape index (κ3) is 17.6. The molecule has 1 aliphatic carbocycles. The number of carbonyl (C=O) groups excluding carboxylic acids is 6. The summed E-state index contributed by atoms with van der Waals surface area (Å²) in [5.74, 6) is -9.84. The Labute approximate surface area is 438 Å². The van der Waals surface area contributed by atoms with Crippen molar-refractivity contribution in [3.8, 4) is 0 Å². The van der Waals surface area contributed by atoms with Crippen LogP contribution >= 0.6 is 0 Å². The van der Waals surface area contributed by atoms with Crippen LogP contribution in [-0.4, -0.2) is 144 Å². The molecule has 4 rings (SSSR count). The van der Waals surface area contributed by atoms with Crippen molar-refractivity contribution in [2.45, 2.75) is 206 Å². The fourth-order valence-corrected chi connectivity index (χ4v) is 11.0. The molecule has 2 bridgehead atoms. The van der Waals surface area contributed by atoms with Crippen LogP contribution in [0.1, 0.15) is 151 Å². The van der Waals surface area contributed by atoms with Crippen LogP contribution in [0, 0.1) is 35.5 Å². The van der Waals surface area contributed by atoms with Crippen molar-refractivity contribution in [1.82, 2.24) is 4.90 Å². The van der Waals surface area contributed by atoms with Crippen molar-refractivity contribution in [3.05, 3.63) is 47.6 Å². The average molecular weight is 1040 g/mol. The van der Waals surface area contributed by atoms with E-state index in [9.17, 15) is 43.8 Å². The SMILES string of the molecule is CO[C@H]1C[C@@H]2CC[C@@H](C)[C@@](O)(O2)C(=O)C(=O)N2CCCC[C@H]2C(=O)O[C@H](C(C)C[C@@H]2CC[C@@H](OC(=O)CCCCC(=O)O)[C@H](OC)C2)CC(=O)[C@H](C)/C=C(\C)[C@@H](O)[C@@H](OC)C(=O)[C@H](C)C[C@H](C)/C=C/C=C/C=C/1C. The molecule has 4 aliphatic rings. The Bertz CT molecular complexity index is 2050. The molecule has 1 unspecified atom stereocenters. The van der Waals surface area contributed by atoms with Crippen molar-refractivity contribution < 1.29 is 77.3 Å². The first-order valence-corrected chi connectivity index (χ1v) is 26.9. The van der Waals surface area contributed by atoms with Gasteiger partial charge in [-0.05, 0) is 120 Å². The molecule has 17 nitrogen and oxygen atoms in total. The maximum atomic E-state index is 14.5. The molecule has 15 atom stereocenters. The van der Waals surface area contributed by atoms with E-state index >= 15 is 0 Å². The lowest BCUT2D eigenvalue weighted by atomic mass is 9.78. The van der Waals surface area contributed by atoms with Crippen LogP contribution < -0.4 is 0 Å². The molecule has 3 heterocycles. The predicted octanol–water partition coefficient (Wildman–Crippen LogP) is 7.38. The Morgan fingerprint density at radius 2 is 1.55 bits per heavy atom. The molecule has 0 aromatic heterocycles. The molecule has 0 aromatic carbocycles. The van der Waals surface area contributed by atoms with Gasteiger partial charge in [0.1, 0.15) is 36.2 Å². The van der Waals surface area contributed by atoms with E-state index in [1.165, 1.54) is 12.0 Å². The summed E-state index contributed by atoms with van der Waals surface area (Å²) in [6.45, 7) is 12.6. The first-order chi connectivity index (χ1) is 35.0. The Balaban J connectivity index is 1.66. The van der Waals surface area contributed by atoms with Crippen LogP contribution in [0.5, 0.6) is 0 Å². The fourth-order valence-electron chi connectivity index (χ4n) is 11.0. The van der Waals surface area contributed by atoms with Gasteiger partial charge in [-0.15, -0.1) is 0 Å². The maximum Gasteiger partial charge on any atom is 0.329 e. The number of aliphatic hydroxyl groups excluding tert-OH is 1. The third-order valence-corrected chi connectivity index (χ3v) is 15.8. The molecular formula is C57H87NO16. The minimum absolute atomic E-state index is 0.00459. The monoisotopic (exact) mass is 1040 g/mol. The number of methoxy groups -OCH3 is 3. The number of allylic oxidation sites excluding steroid dienone is 6. The van der Waals surface area contributed by atoms with Crippen molar-refractivity contribution in [1.29, 1.82) is 0 Å². The number of unbranched alkanes of at least 4 members (excludes halogenated alkanes) is 1. The van der Waals surface area contributed by atoms with Gasteiger partial charge in [0.15, 0.2) is 5.78 Å². The zero-order valence-corrected chi connectivity index (χ0v) is 45.7. The Kier molecular flexibility index (Phi) is 25.0. The third-order valence-electron chi connectivity index (χ3n) is 15.8. The number of aliphatic hydroxyl groups is 2. The number of fused-ring (bicyclic) bond motifs is 3. The molecule has 3 N–H and O–H groups in total. The minimum Gasteiger partial charge on any atom is -0.481 e. The number of amides is 1. The van der Waals surface area contributed by atoms with Gasteiger partial charge < -0.3 is 48.6 Å². The molecule has 3 aliphatic heterocycles. The zero-order chi connectivity index (χ0) is 54.9. The van der Waals surface area contributed by atoms with Crippen LogP contribution in [0.2, 0.25) is 0 Å². The lowest BCUT2D eigenvalue weighted by molar-refractivity contribution is -0.265. The summed E-state index contributed by atoms with van der Waals surface area (Å²) in [4.78, 5) is 96.1. The van der Waals surface area contributed by atoms with Crippen LogP contribution in [0.15, 0.2) is 47.6 Å². The van der Waals surface area contributed by atoms with Crippen molar-refractivity contribution in [2.75, 3.05) is 27.9 Å². The van der Waals surface area contributed by atoms with E-state index in [0.717, 1.165) is 5.57 Å². The molecule has 0 aromatic rings. The van der Waals surface area contributed by atoms with E-state index in [-0.39, 0.29) is 55.6 Å². The molecule has 3 fully saturated rings. The molecule has 0 radical (unpaired) electrons. The van der Waals surface area contributed by atoms with Gasteiger partial charge >= 0.3 is 17.9 Å². The summed E-state index contributed by atoms with van der Waals surface area (Å²) in [5, 5.41) is 32.5. The summed E-state index contributed by atoms with van der Waals surface area (Å²) >= 11 is 0. The molecule has 0 spiro atoms. The highest BCUT2D eigenvalue weighted by atomic mass is 16.6. The van der Waals surface area contributed by atoms with Crippen molar-refractivity contribution in [3.63, 3.8) is 0 Å². The number of nitrogens with zero attached hydrogens (tertiary/aromatic N) is 1. The molecule has 17 heteroatoms. The lowest BCUT2D eigenvalue weighted by Crippen LogP contribution is -2.61. The van der Waals surface area contributed by atoms with Gasteiger partial charge in [0.05, 0.1) is 18.3 Å². The summed E-state index contributed by atoms with van der Waals surface area (Å²) in [6, 6.07) is -1.19. The summed E-state index contributed by atoms with van der Waals surface area (Å²) < 4.78 is 35.5. The number of piperidine rings is 1. The number of ether oxygens (including phenoxy) is 6. The number of rotatable bonds is 12. The number of carboxylic acids is 1. The van der Waals surface area contributed by atoms with Crippen LogP contribution in [0.4, 0.5) is 0 Å². The highest BCUT2D eigenvalue weighted by molar-refractivity contribution is 6.39. The first-order valence-electron chi connectivity index (χ1n) is 26.9. The molecular weight excluding hydrogens is 955 g/mol.